The number of anilines is 3. The van der Waals surface area contributed by atoms with Gasteiger partial charge in [0, 0.05) is 25.3 Å². The minimum absolute atomic E-state index is 0.900. The molecule has 9 rings (SSSR count). The van der Waals surface area contributed by atoms with Crippen LogP contribution in [0.3, 0.4) is 0 Å². The first-order chi connectivity index (χ1) is 21.6. The Balaban J connectivity index is 1.34. The molecule has 0 N–H and O–H groups in total. The van der Waals surface area contributed by atoms with Gasteiger partial charge in [0.05, 0.1) is 31.6 Å². The lowest BCUT2D eigenvalue weighted by atomic mass is 10.1. The van der Waals surface area contributed by atoms with Crippen LogP contribution in [0.25, 0.3) is 20.2 Å². The molecule has 2 nitrogen and oxygen atoms in total. The van der Waals surface area contributed by atoms with Gasteiger partial charge in [0.15, 0.2) is 0 Å². The molecule has 0 amide bonds. The maximum absolute atomic E-state index is 6.52. The highest BCUT2D eigenvalue weighted by Gasteiger charge is 2.37. The lowest BCUT2D eigenvalue weighted by Gasteiger charge is -2.37. The summed E-state index contributed by atoms with van der Waals surface area (Å²) in [5, 5.41) is 5.62. The van der Waals surface area contributed by atoms with E-state index in [1.807, 2.05) is 29.2 Å². The maximum atomic E-state index is 6.52. The molecule has 2 aliphatic rings. The zero-order valence-corrected chi connectivity index (χ0v) is 27.7. The van der Waals surface area contributed by atoms with E-state index in [-0.39, 0.29) is 0 Å². The third-order valence-electron chi connectivity index (χ3n) is 8.79. The minimum atomic E-state index is -1.94. The Bertz CT molecular complexity index is 2270. The van der Waals surface area contributed by atoms with Gasteiger partial charge in [0.25, 0.3) is 0 Å². The lowest BCUT2D eigenvalue weighted by Crippen LogP contribution is -2.56. The summed E-state index contributed by atoms with van der Waals surface area (Å²) in [5.74, 6) is 1.81. The van der Waals surface area contributed by atoms with Gasteiger partial charge < -0.3 is 9.64 Å². The van der Waals surface area contributed by atoms with Crippen molar-refractivity contribution >= 4 is 90.5 Å². The highest BCUT2D eigenvalue weighted by Crippen LogP contribution is 2.55. The first-order valence-electron chi connectivity index (χ1n) is 14.8. The fourth-order valence-electron chi connectivity index (χ4n) is 6.64. The number of benzene rings is 6. The second-order valence-corrected chi connectivity index (χ2v) is 19.2. The Hall–Kier alpha value is -3.94. The van der Waals surface area contributed by atoms with Crippen LogP contribution in [-0.2, 0) is 0 Å². The van der Waals surface area contributed by atoms with Crippen molar-refractivity contribution in [1.82, 2.24) is 0 Å². The first-order valence-corrected chi connectivity index (χ1v) is 20.2. The molecule has 0 bridgehead atoms. The highest BCUT2D eigenvalue weighted by atomic mass is 32.2. The van der Waals surface area contributed by atoms with Gasteiger partial charge in [0.2, 0.25) is 0 Å². The summed E-state index contributed by atoms with van der Waals surface area (Å²) in [7, 11) is -1.94. The standard InChI is InChI=1S/C38H27NOS3Si/c1-44(2)34-22-8-7-21-33(34)43-38-28(16-11-23-35(38)44)39(26-14-9-13-25-24-12-3-5-19-31(24)41-36(25)26)27-15-10-18-30-37(27)42-32-20-6-4-17-29(32)40-30/h3-23H,1-2H3. The van der Waals surface area contributed by atoms with Crippen molar-refractivity contribution in [2.24, 2.45) is 0 Å². The summed E-state index contributed by atoms with van der Waals surface area (Å²) in [4.78, 5) is 7.54. The molecule has 0 atom stereocenters. The van der Waals surface area contributed by atoms with E-state index in [0.717, 1.165) is 27.0 Å². The minimum Gasteiger partial charge on any atom is -0.455 e. The van der Waals surface area contributed by atoms with Crippen LogP contribution in [0.5, 0.6) is 11.5 Å². The number of para-hydroxylation sites is 1. The average molecular weight is 638 g/mol. The van der Waals surface area contributed by atoms with Crippen LogP contribution in [0, 0.1) is 0 Å². The first kappa shape index (κ1) is 26.5. The van der Waals surface area contributed by atoms with E-state index in [0.29, 0.717) is 0 Å². The van der Waals surface area contributed by atoms with Crippen molar-refractivity contribution in [3.8, 4) is 11.5 Å². The quantitative estimate of drug-likeness (QED) is 0.179. The molecule has 0 saturated heterocycles. The third-order valence-corrected chi connectivity index (χ3v) is 16.3. The molecule has 0 aliphatic carbocycles. The van der Waals surface area contributed by atoms with E-state index < -0.39 is 8.07 Å². The second kappa shape index (κ2) is 10.0. The van der Waals surface area contributed by atoms with E-state index in [9.17, 15) is 0 Å². The highest BCUT2D eigenvalue weighted by molar-refractivity contribution is 8.00. The number of nitrogens with zero attached hydrogens (tertiary/aromatic N) is 1. The average Bonchev–Trinajstić information content (AvgIpc) is 3.44. The Labute approximate surface area is 270 Å². The van der Waals surface area contributed by atoms with Crippen LogP contribution in [0.2, 0.25) is 13.1 Å². The van der Waals surface area contributed by atoms with Crippen LogP contribution in [-0.4, -0.2) is 8.07 Å². The monoisotopic (exact) mass is 637 g/mol. The van der Waals surface area contributed by atoms with E-state index in [1.54, 1.807) is 11.8 Å². The summed E-state index contributed by atoms with van der Waals surface area (Å²) < 4.78 is 9.13. The molecule has 0 radical (unpaired) electrons. The molecule has 6 aromatic carbocycles. The van der Waals surface area contributed by atoms with Crippen LogP contribution in [0.1, 0.15) is 0 Å². The van der Waals surface area contributed by atoms with Gasteiger partial charge in [-0.05, 0) is 58.9 Å². The topological polar surface area (TPSA) is 12.5 Å². The number of rotatable bonds is 3. The summed E-state index contributed by atoms with van der Waals surface area (Å²) in [6, 6.07) is 46.4. The van der Waals surface area contributed by atoms with Crippen LogP contribution >= 0.6 is 34.9 Å². The fourth-order valence-corrected chi connectivity index (χ4v) is 14.4. The zero-order chi connectivity index (χ0) is 29.4. The molecule has 7 aromatic rings. The van der Waals surface area contributed by atoms with Crippen LogP contribution in [0.4, 0.5) is 17.1 Å². The van der Waals surface area contributed by atoms with E-state index in [2.05, 4.69) is 139 Å². The number of thiophene rings is 1. The lowest BCUT2D eigenvalue weighted by molar-refractivity contribution is 0.455. The van der Waals surface area contributed by atoms with Crippen molar-refractivity contribution < 1.29 is 4.74 Å². The van der Waals surface area contributed by atoms with Crippen molar-refractivity contribution in [2.75, 3.05) is 4.90 Å². The Morgan fingerprint density at radius 1 is 0.523 bits per heavy atom. The molecule has 3 heterocycles. The Kier molecular flexibility index (Phi) is 6.04. The van der Waals surface area contributed by atoms with Gasteiger partial charge in [-0.1, -0.05) is 115 Å². The number of hydrogen-bond acceptors (Lipinski definition) is 5. The second-order valence-electron chi connectivity index (χ2n) is 11.7. The van der Waals surface area contributed by atoms with Crippen molar-refractivity contribution in [1.29, 1.82) is 0 Å². The molecule has 0 saturated carbocycles. The summed E-state index contributed by atoms with van der Waals surface area (Å²) in [6.45, 7) is 4.99. The predicted octanol–water partition coefficient (Wildman–Crippen LogP) is 11.1. The summed E-state index contributed by atoms with van der Waals surface area (Å²) in [6.07, 6.45) is 0. The molecule has 0 unspecified atom stereocenters. The van der Waals surface area contributed by atoms with Gasteiger partial charge in [-0.25, -0.2) is 0 Å². The number of hydrogen-bond donors (Lipinski definition) is 0. The number of fused-ring (bicyclic) bond motifs is 7. The summed E-state index contributed by atoms with van der Waals surface area (Å²) in [5.41, 5.74) is 3.56. The van der Waals surface area contributed by atoms with E-state index >= 15 is 0 Å². The Morgan fingerprint density at radius 3 is 2.05 bits per heavy atom. The molecular weight excluding hydrogens is 611 g/mol. The van der Waals surface area contributed by atoms with Gasteiger partial charge in [-0.3, -0.25) is 0 Å². The van der Waals surface area contributed by atoms with E-state index in [1.165, 1.54) is 51.7 Å². The van der Waals surface area contributed by atoms with Crippen molar-refractivity contribution in [3.05, 3.63) is 127 Å². The van der Waals surface area contributed by atoms with Crippen LogP contribution in [0.15, 0.2) is 147 Å². The van der Waals surface area contributed by atoms with Crippen molar-refractivity contribution in [3.63, 3.8) is 0 Å². The molecule has 0 fully saturated rings. The fraction of sp³-hybridized carbons (Fsp3) is 0.0526. The van der Waals surface area contributed by atoms with Crippen molar-refractivity contribution in [2.45, 2.75) is 32.7 Å². The third kappa shape index (κ3) is 3.95. The molecule has 2 aliphatic heterocycles. The Morgan fingerprint density at radius 2 is 1.14 bits per heavy atom. The van der Waals surface area contributed by atoms with E-state index in [4.69, 9.17) is 4.74 Å². The normalized spacial score (nSPS) is 14.3. The molecule has 1 aromatic heterocycles. The molecule has 6 heteroatoms. The molecule has 44 heavy (non-hydrogen) atoms. The molecule has 212 valence electrons. The zero-order valence-electron chi connectivity index (χ0n) is 24.2. The SMILES string of the molecule is C[Si]1(C)c2ccccc2Sc2c(N(c3cccc4c3Sc3ccccc3O4)c3cccc4c3sc3ccccc34)cccc21. The molecular formula is C38H27NOS3Si. The van der Waals surface area contributed by atoms with Gasteiger partial charge in [-0.15, -0.1) is 11.3 Å². The van der Waals surface area contributed by atoms with Gasteiger partial charge in [-0.2, -0.15) is 0 Å². The van der Waals surface area contributed by atoms with Gasteiger partial charge >= 0.3 is 0 Å². The number of ether oxygens (including phenoxy) is 1. The molecule has 0 spiro atoms. The summed E-state index contributed by atoms with van der Waals surface area (Å²) >= 11 is 5.61. The maximum Gasteiger partial charge on any atom is 0.143 e. The smallest absolute Gasteiger partial charge is 0.143 e. The van der Waals surface area contributed by atoms with Gasteiger partial charge in [0.1, 0.15) is 19.6 Å². The predicted molar refractivity (Wildman–Crippen MR) is 192 cm³/mol. The van der Waals surface area contributed by atoms with Crippen LogP contribution < -0.4 is 20.0 Å². The largest absolute Gasteiger partial charge is 0.455 e.